The summed E-state index contributed by atoms with van der Waals surface area (Å²) < 4.78 is 5.39. The number of hydrogen-bond donors (Lipinski definition) is 3. The van der Waals surface area contributed by atoms with Crippen LogP contribution >= 0.6 is 0 Å². The van der Waals surface area contributed by atoms with Crippen molar-refractivity contribution < 1.29 is 14.7 Å². The Labute approximate surface area is 109 Å². The van der Waals surface area contributed by atoms with E-state index in [1.165, 1.54) is 0 Å². The van der Waals surface area contributed by atoms with Crippen LogP contribution in [0.2, 0.25) is 0 Å². The molecule has 0 saturated carbocycles. The minimum Gasteiger partial charge on any atom is -0.409 e. The number of nitrogens with zero attached hydrogens (tertiary/aromatic N) is 1. The molecule has 4 N–H and O–H groups in total. The van der Waals surface area contributed by atoms with Crippen molar-refractivity contribution in [1.82, 2.24) is 5.32 Å². The molecule has 0 aromatic heterocycles. The van der Waals surface area contributed by atoms with Gasteiger partial charge in [-0.15, -0.1) is 0 Å². The number of nitrogens with one attached hydrogen (secondary N) is 1. The van der Waals surface area contributed by atoms with Crippen molar-refractivity contribution in [1.29, 1.82) is 0 Å². The number of amidine groups is 1. The van der Waals surface area contributed by atoms with Crippen LogP contribution in [0.4, 0.5) is 0 Å². The second-order valence-corrected chi connectivity index (χ2v) is 4.60. The van der Waals surface area contributed by atoms with Gasteiger partial charge < -0.3 is 21.0 Å². The Morgan fingerprint density at radius 1 is 1.50 bits per heavy atom. The predicted octanol–water partition coefficient (Wildman–Crippen LogP) is 0.938. The summed E-state index contributed by atoms with van der Waals surface area (Å²) in [5, 5.41) is 14.2. The molecule has 106 valence electrons. The van der Waals surface area contributed by atoms with Crippen LogP contribution < -0.4 is 11.1 Å². The molecular weight excluding hydrogens is 234 g/mol. The number of nitrogens with two attached hydrogens (primary N) is 1. The van der Waals surface area contributed by atoms with Crippen molar-refractivity contribution in [2.45, 2.75) is 33.6 Å². The number of hydrogen-bond acceptors (Lipinski definition) is 4. The van der Waals surface area contributed by atoms with Crippen molar-refractivity contribution in [3.05, 3.63) is 0 Å². The largest absolute Gasteiger partial charge is 0.409 e. The lowest BCUT2D eigenvalue weighted by atomic mass is 10.0. The molecule has 0 rings (SSSR count). The van der Waals surface area contributed by atoms with E-state index in [9.17, 15) is 4.79 Å². The number of carbonyl (C=O) groups excluding carboxylic acids is 1. The highest BCUT2D eigenvalue weighted by atomic mass is 16.5. The third kappa shape index (κ3) is 7.11. The lowest BCUT2D eigenvalue weighted by Gasteiger charge is -2.13. The van der Waals surface area contributed by atoms with Gasteiger partial charge in [0.05, 0.1) is 5.92 Å². The zero-order valence-electron chi connectivity index (χ0n) is 11.5. The fraction of sp³-hybridized carbons (Fsp3) is 0.833. The summed E-state index contributed by atoms with van der Waals surface area (Å²) in [6.45, 7) is 7.88. The third-order valence-corrected chi connectivity index (χ3v) is 2.41. The Morgan fingerprint density at radius 3 is 2.67 bits per heavy atom. The predicted molar refractivity (Wildman–Crippen MR) is 70.5 cm³/mol. The Hall–Kier alpha value is -1.30. The van der Waals surface area contributed by atoms with Gasteiger partial charge in [0.25, 0.3) is 0 Å². The molecule has 6 nitrogen and oxygen atoms in total. The molecule has 0 aliphatic heterocycles. The monoisotopic (exact) mass is 259 g/mol. The van der Waals surface area contributed by atoms with Crippen LogP contribution in [0.25, 0.3) is 0 Å². The Bertz CT molecular complexity index is 267. The SMILES string of the molecule is CCC(C(=O)NCCCOCC(C)C)C(N)=NO. The molecule has 0 heterocycles. The number of rotatable bonds is 9. The van der Waals surface area contributed by atoms with Crippen LogP contribution in [0.5, 0.6) is 0 Å². The van der Waals surface area contributed by atoms with Crippen LogP contribution in [-0.2, 0) is 9.53 Å². The first-order chi connectivity index (χ1) is 8.52. The van der Waals surface area contributed by atoms with Crippen molar-refractivity contribution in [3.63, 3.8) is 0 Å². The second kappa shape index (κ2) is 9.70. The summed E-state index contributed by atoms with van der Waals surface area (Å²) >= 11 is 0. The van der Waals surface area contributed by atoms with Gasteiger partial charge in [-0.2, -0.15) is 0 Å². The topological polar surface area (TPSA) is 96.9 Å². The Kier molecular flexibility index (Phi) is 9.00. The van der Waals surface area contributed by atoms with Gasteiger partial charge >= 0.3 is 0 Å². The zero-order valence-corrected chi connectivity index (χ0v) is 11.5. The van der Waals surface area contributed by atoms with E-state index in [0.29, 0.717) is 25.5 Å². The standard InChI is InChI=1S/C12H25N3O3/c1-4-10(11(13)15-17)12(16)14-6-5-7-18-8-9(2)3/h9-10,17H,4-8H2,1-3H3,(H2,13,15)(H,14,16). The molecule has 0 aromatic rings. The molecule has 0 saturated heterocycles. The highest BCUT2D eigenvalue weighted by molar-refractivity contribution is 6.01. The lowest BCUT2D eigenvalue weighted by molar-refractivity contribution is -0.123. The fourth-order valence-corrected chi connectivity index (χ4v) is 1.43. The number of oxime groups is 1. The summed E-state index contributed by atoms with van der Waals surface area (Å²) in [5.74, 6) is -0.307. The summed E-state index contributed by atoms with van der Waals surface area (Å²) in [6, 6.07) is 0. The quantitative estimate of drug-likeness (QED) is 0.189. The lowest BCUT2D eigenvalue weighted by Crippen LogP contribution is -2.39. The van der Waals surface area contributed by atoms with Crippen molar-refractivity contribution in [2.24, 2.45) is 22.7 Å². The van der Waals surface area contributed by atoms with Crippen LogP contribution in [0.15, 0.2) is 5.16 Å². The maximum atomic E-state index is 11.7. The molecule has 1 amide bonds. The fourth-order valence-electron chi connectivity index (χ4n) is 1.43. The van der Waals surface area contributed by atoms with Crippen LogP contribution in [0.1, 0.15) is 33.6 Å². The molecule has 0 aliphatic carbocycles. The minimum atomic E-state index is -0.563. The number of ether oxygens (including phenoxy) is 1. The van der Waals surface area contributed by atoms with E-state index in [2.05, 4.69) is 24.3 Å². The van der Waals surface area contributed by atoms with Crippen LogP contribution in [0, 0.1) is 11.8 Å². The maximum absolute atomic E-state index is 11.7. The summed E-state index contributed by atoms with van der Waals surface area (Å²) in [6.07, 6.45) is 1.26. The average molecular weight is 259 g/mol. The average Bonchev–Trinajstić information content (AvgIpc) is 2.33. The molecule has 0 fully saturated rings. The summed E-state index contributed by atoms with van der Waals surface area (Å²) in [5.41, 5.74) is 5.43. The molecule has 1 unspecified atom stereocenters. The van der Waals surface area contributed by atoms with E-state index in [0.717, 1.165) is 13.0 Å². The molecule has 1 atom stereocenters. The third-order valence-electron chi connectivity index (χ3n) is 2.41. The zero-order chi connectivity index (χ0) is 14.0. The van der Waals surface area contributed by atoms with Gasteiger partial charge in [0, 0.05) is 19.8 Å². The van der Waals surface area contributed by atoms with E-state index >= 15 is 0 Å². The van der Waals surface area contributed by atoms with Gasteiger partial charge in [-0.25, -0.2) is 0 Å². The summed E-state index contributed by atoms with van der Waals surface area (Å²) in [7, 11) is 0. The highest BCUT2D eigenvalue weighted by Gasteiger charge is 2.20. The van der Waals surface area contributed by atoms with E-state index in [4.69, 9.17) is 15.7 Å². The molecule has 0 bridgehead atoms. The Morgan fingerprint density at radius 2 is 2.17 bits per heavy atom. The molecule has 0 radical (unpaired) electrons. The van der Waals surface area contributed by atoms with Gasteiger partial charge in [0.1, 0.15) is 0 Å². The number of carbonyl (C=O) groups is 1. The maximum Gasteiger partial charge on any atom is 0.230 e. The molecule has 18 heavy (non-hydrogen) atoms. The minimum absolute atomic E-state index is 0.0499. The first-order valence-electron chi connectivity index (χ1n) is 6.35. The van der Waals surface area contributed by atoms with Gasteiger partial charge in [0.15, 0.2) is 5.84 Å². The second-order valence-electron chi connectivity index (χ2n) is 4.60. The molecule has 6 heteroatoms. The van der Waals surface area contributed by atoms with Crippen LogP contribution in [0.3, 0.4) is 0 Å². The smallest absolute Gasteiger partial charge is 0.230 e. The van der Waals surface area contributed by atoms with Crippen molar-refractivity contribution >= 4 is 11.7 Å². The first-order valence-corrected chi connectivity index (χ1v) is 6.35. The van der Waals surface area contributed by atoms with Gasteiger partial charge in [-0.05, 0) is 18.8 Å². The van der Waals surface area contributed by atoms with E-state index in [1.54, 1.807) is 0 Å². The first kappa shape index (κ1) is 16.7. The number of amides is 1. The normalized spacial score (nSPS) is 13.7. The van der Waals surface area contributed by atoms with E-state index in [1.807, 2.05) is 6.92 Å². The van der Waals surface area contributed by atoms with Gasteiger partial charge in [0.2, 0.25) is 5.91 Å². The van der Waals surface area contributed by atoms with E-state index in [-0.39, 0.29) is 11.7 Å². The van der Waals surface area contributed by atoms with E-state index < -0.39 is 5.92 Å². The molecule has 0 spiro atoms. The van der Waals surface area contributed by atoms with Crippen molar-refractivity contribution in [2.75, 3.05) is 19.8 Å². The van der Waals surface area contributed by atoms with Gasteiger partial charge in [-0.1, -0.05) is 25.9 Å². The highest BCUT2D eigenvalue weighted by Crippen LogP contribution is 2.02. The Balaban J connectivity index is 3.76. The van der Waals surface area contributed by atoms with Gasteiger partial charge in [-0.3, -0.25) is 4.79 Å². The molecule has 0 aliphatic rings. The molecule has 0 aromatic carbocycles. The van der Waals surface area contributed by atoms with Crippen LogP contribution in [-0.4, -0.2) is 36.7 Å². The molecular formula is C12H25N3O3. The summed E-state index contributed by atoms with van der Waals surface area (Å²) in [4.78, 5) is 11.7. The van der Waals surface area contributed by atoms with Crippen molar-refractivity contribution in [3.8, 4) is 0 Å².